The van der Waals surface area contributed by atoms with Gasteiger partial charge in [-0.2, -0.15) is 4.31 Å². The summed E-state index contributed by atoms with van der Waals surface area (Å²) in [5, 5.41) is 0. The lowest BCUT2D eigenvalue weighted by Crippen LogP contribution is -2.40. The van der Waals surface area contributed by atoms with Crippen molar-refractivity contribution in [3.05, 3.63) is 46.7 Å². The molecule has 0 fully saturated rings. The maximum Gasteiger partial charge on any atom is 0.238 e. The van der Waals surface area contributed by atoms with Gasteiger partial charge in [0.25, 0.3) is 0 Å². The third-order valence-corrected chi connectivity index (χ3v) is 4.75. The Hall–Kier alpha value is -1.25. The number of likely N-dealkylation sites (N-methyl/N-ethyl adjacent to an activating group) is 1. The third-order valence-electron chi connectivity index (χ3n) is 3.00. The van der Waals surface area contributed by atoms with Crippen LogP contribution in [0.15, 0.2) is 35.3 Å². The van der Waals surface area contributed by atoms with Crippen LogP contribution in [-0.4, -0.2) is 49.9 Å². The molecule has 122 valence electrons. The van der Waals surface area contributed by atoms with Crippen molar-refractivity contribution in [2.45, 2.75) is 6.54 Å². The smallest absolute Gasteiger partial charge is 0.238 e. The highest BCUT2D eigenvalue weighted by Crippen LogP contribution is 2.17. The predicted molar refractivity (Wildman–Crippen MR) is 87.2 cm³/mol. The monoisotopic (exact) mass is 392 g/mol. The van der Waals surface area contributed by atoms with Crippen LogP contribution in [0.1, 0.15) is 5.56 Å². The molecule has 1 rings (SSSR count). The first-order valence-corrected chi connectivity index (χ1v) is 9.03. The van der Waals surface area contributed by atoms with Crippen LogP contribution in [0.3, 0.4) is 0 Å². The Morgan fingerprint density at radius 2 is 2.09 bits per heavy atom. The Labute approximate surface area is 138 Å². The number of nitrogens with zero attached hydrogens (tertiary/aromatic N) is 2. The third kappa shape index (κ3) is 5.51. The summed E-state index contributed by atoms with van der Waals surface area (Å²) in [7, 11) is -2.14. The van der Waals surface area contributed by atoms with Gasteiger partial charge in [0.15, 0.2) is 0 Å². The van der Waals surface area contributed by atoms with Crippen LogP contribution in [0.4, 0.5) is 4.39 Å². The van der Waals surface area contributed by atoms with E-state index in [2.05, 4.69) is 22.5 Å². The van der Waals surface area contributed by atoms with E-state index in [1.165, 1.54) is 24.1 Å². The number of rotatable bonds is 7. The number of carbonyl (C=O) groups is 1. The summed E-state index contributed by atoms with van der Waals surface area (Å²) in [5.41, 5.74) is 0.339. The summed E-state index contributed by atoms with van der Waals surface area (Å²) in [6, 6.07) is 4.45. The lowest BCUT2D eigenvalue weighted by molar-refractivity contribution is -0.131. The minimum Gasteiger partial charge on any atom is -0.333 e. The zero-order valence-electron chi connectivity index (χ0n) is 12.4. The Morgan fingerprint density at radius 1 is 1.45 bits per heavy atom. The highest BCUT2D eigenvalue weighted by molar-refractivity contribution is 9.10. The molecule has 0 aliphatic heterocycles. The largest absolute Gasteiger partial charge is 0.333 e. The summed E-state index contributed by atoms with van der Waals surface area (Å²) in [4.78, 5) is 13.6. The van der Waals surface area contributed by atoms with Crippen LogP contribution in [-0.2, 0) is 21.4 Å². The van der Waals surface area contributed by atoms with Gasteiger partial charge >= 0.3 is 0 Å². The van der Waals surface area contributed by atoms with Gasteiger partial charge in [0.1, 0.15) is 5.82 Å². The van der Waals surface area contributed by atoms with Crippen molar-refractivity contribution >= 4 is 31.9 Å². The van der Waals surface area contributed by atoms with E-state index in [1.54, 1.807) is 12.1 Å². The van der Waals surface area contributed by atoms with E-state index in [0.29, 0.717) is 10.0 Å². The van der Waals surface area contributed by atoms with Crippen molar-refractivity contribution in [1.82, 2.24) is 9.21 Å². The molecular formula is C14H18BrFN2O3S. The molecule has 0 radical (unpaired) electrons. The van der Waals surface area contributed by atoms with Crippen molar-refractivity contribution in [3.8, 4) is 0 Å². The quantitative estimate of drug-likeness (QED) is 0.666. The topological polar surface area (TPSA) is 57.7 Å². The minimum absolute atomic E-state index is 0.0354. The van der Waals surface area contributed by atoms with Crippen LogP contribution < -0.4 is 0 Å². The van der Waals surface area contributed by atoms with Gasteiger partial charge in [0.2, 0.25) is 15.9 Å². The molecule has 0 unspecified atom stereocenters. The number of benzene rings is 1. The molecule has 0 aromatic heterocycles. The Kier molecular flexibility index (Phi) is 6.70. The lowest BCUT2D eigenvalue weighted by Gasteiger charge is -2.24. The number of halogens is 2. The molecule has 8 heteroatoms. The molecule has 0 heterocycles. The number of carbonyl (C=O) groups excluding carboxylic acids is 1. The van der Waals surface area contributed by atoms with Gasteiger partial charge in [-0.1, -0.05) is 22.0 Å². The molecule has 0 aliphatic rings. The number of amides is 1. The molecule has 1 aromatic carbocycles. The first-order chi connectivity index (χ1) is 10.1. The zero-order chi connectivity index (χ0) is 16.9. The lowest BCUT2D eigenvalue weighted by atomic mass is 10.2. The second-order valence-corrected chi connectivity index (χ2v) is 7.82. The fourth-order valence-corrected chi connectivity index (χ4v) is 2.44. The molecule has 0 spiro atoms. The fraction of sp³-hybridized carbons (Fsp3) is 0.357. The highest BCUT2D eigenvalue weighted by Gasteiger charge is 2.20. The van der Waals surface area contributed by atoms with Gasteiger partial charge in [0, 0.05) is 30.2 Å². The maximum atomic E-state index is 13.8. The standard InChI is InChI=1S/C14H18BrFN2O3S/c1-4-7-18(14(19)10-17(2)22(3,20)21)9-11-8-12(15)5-6-13(11)16/h4-6,8H,1,7,9-10H2,2-3H3. The average Bonchev–Trinajstić information content (AvgIpc) is 2.41. The van der Waals surface area contributed by atoms with Crippen LogP contribution in [0.25, 0.3) is 0 Å². The zero-order valence-corrected chi connectivity index (χ0v) is 14.8. The predicted octanol–water partition coefficient (Wildman–Crippen LogP) is 1.99. The Morgan fingerprint density at radius 3 is 2.64 bits per heavy atom. The molecule has 0 aliphatic carbocycles. The van der Waals surface area contributed by atoms with E-state index in [4.69, 9.17) is 0 Å². The van der Waals surface area contributed by atoms with Crippen LogP contribution >= 0.6 is 15.9 Å². The van der Waals surface area contributed by atoms with E-state index in [-0.39, 0.29) is 19.6 Å². The minimum atomic E-state index is -3.46. The van der Waals surface area contributed by atoms with E-state index in [9.17, 15) is 17.6 Å². The summed E-state index contributed by atoms with van der Waals surface area (Å²) in [5.74, 6) is -0.853. The van der Waals surface area contributed by atoms with E-state index in [1.807, 2.05) is 0 Å². The number of hydrogen-bond acceptors (Lipinski definition) is 3. The second-order valence-electron chi connectivity index (χ2n) is 4.82. The van der Waals surface area contributed by atoms with Crippen molar-refractivity contribution in [2.75, 3.05) is 26.4 Å². The highest BCUT2D eigenvalue weighted by atomic mass is 79.9. The van der Waals surface area contributed by atoms with Gasteiger partial charge in [-0.3, -0.25) is 4.79 Å². The first-order valence-electron chi connectivity index (χ1n) is 6.39. The van der Waals surface area contributed by atoms with Crippen LogP contribution in [0.5, 0.6) is 0 Å². The summed E-state index contributed by atoms with van der Waals surface area (Å²) in [6.45, 7) is 3.49. The Balaban J connectivity index is 2.91. The molecule has 0 saturated heterocycles. The first kappa shape index (κ1) is 18.8. The van der Waals surface area contributed by atoms with Crippen molar-refractivity contribution in [3.63, 3.8) is 0 Å². The molecule has 0 atom stereocenters. The Bertz CT molecular complexity index is 664. The van der Waals surface area contributed by atoms with Crippen LogP contribution in [0.2, 0.25) is 0 Å². The van der Waals surface area contributed by atoms with Gasteiger partial charge in [-0.05, 0) is 18.2 Å². The molecule has 0 saturated carbocycles. The SMILES string of the molecule is C=CCN(Cc1cc(Br)ccc1F)C(=O)CN(C)S(C)(=O)=O. The molecular weight excluding hydrogens is 375 g/mol. The number of hydrogen-bond donors (Lipinski definition) is 0. The second kappa shape index (κ2) is 7.85. The number of sulfonamides is 1. The van der Waals surface area contributed by atoms with Gasteiger partial charge < -0.3 is 4.90 Å². The van der Waals surface area contributed by atoms with E-state index < -0.39 is 21.7 Å². The average molecular weight is 393 g/mol. The molecule has 1 amide bonds. The van der Waals surface area contributed by atoms with Gasteiger partial charge in [-0.25, -0.2) is 12.8 Å². The summed E-state index contributed by atoms with van der Waals surface area (Å²) >= 11 is 3.25. The summed E-state index contributed by atoms with van der Waals surface area (Å²) in [6.07, 6.45) is 2.53. The molecule has 0 bridgehead atoms. The molecule has 1 aromatic rings. The summed E-state index contributed by atoms with van der Waals surface area (Å²) < 4.78 is 38.2. The maximum absolute atomic E-state index is 13.8. The molecule has 0 N–H and O–H groups in total. The van der Waals surface area contributed by atoms with E-state index >= 15 is 0 Å². The fourth-order valence-electron chi connectivity index (χ4n) is 1.69. The van der Waals surface area contributed by atoms with Crippen molar-refractivity contribution in [1.29, 1.82) is 0 Å². The molecule has 5 nitrogen and oxygen atoms in total. The van der Waals surface area contributed by atoms with Crippen LogP contribution in [0, 0.1) is 5.82 Å². The van der Waals surface area contributed by atoms with Crippen molar-refractivity contribution < 1.29 is 17.6 Å². The van der Waals surface area contributed by atoms with Crippen molar-refractivity contribution in [2.24, 2.45) is 0 Å². The van der Waals surface area contributed by atoms with Gasteiger partial charge in [-0.15, -0.1) is 6.58 Å². The van der Waals surface area contributed by atoms with E-state index in [0.717, 1.165) is 10.6 Å². The molecule has 22 heavy (non-hydrogen) atoms. The van der Waals surface area contributed by atoms with Gasteiger partial charge in [0.05, 0.1) is 12.8 Å². The normalized spacial score (nSPS) is 11.5.